The second-order valence-electron chi connectivity index (χ2n) is 3.96. The minimum Gasteiger partial charge on any atom is -0.487 e. The zero-order chi connectivity index (χ0) is 14.7. The number of ether oxygens (including phenoxy) is 1. The summed E-state index contributed by atoms with van der Waals surface area (Å²) < 4.78 is 7.60. The maximum atomic E-state index is 10.8. The van der Waals surface area contributed by atoms with Gasteiger partial charge in [0.25, 0.3) is 0 Å². The van der Waals surface area contributed by atoms with E-state index < -0.39 is 0 Å². The summed E-state index contributed by atoms with van der Waals surface area (Å²) in [7, 11) is 0. The molecule has 0 spiro atoms. The van der Waals surface area contributed by atoms with Gasteiger partial charge in [0.1, 0.15) is 18.6 Å². The number of carbonyl (C=O) groups excluding carboxylic acids is 1. The Labute approximate surface area is 154 Å². The van der Waals surface area contributed by atoms with Crippen LogP contribution in [-0.4, -0.2) is 6.29 Å². The molecule has 0 atom stereocenters. The molecule has 0 N–H and O–H groups in total. The Morgan fingerprint density at radius 2 is 1.75 bits per heavy atom. The van der Waals surface area contributed by atoms with Crippen LogP contribution in [0.25, 0.3) is 0 Å². The lowest BCUT2D eigenvalue weighted by molar-refractivity contribution is 0.112. The van der Waals surface area contributed by atoms with Crippen LogP contribution < -0.4 is 4.74 Å². The molecule has 0 aliphatic heterocycles. The molecule has 0 aliphatic rings. The normalized spacial score (nSPS) is 10.4. The van der Waals surface area contributed by atoms with Crippen molar-refractivity contribution < 1.29 is 9.53 Å². The summed E-state index contributed by atoms with van der Waals surface area (Å²) in [5.41, 5.74) is 1.50. The van der Waals surface area contributed by atoms with Crippen molar-refractivity contribution in [2.75, 3.05) is 0 Å². The summed E-state index contributed by atoms with van der Waals surface area (Å²) in [6.45, 7) is 0.350. The molecule has 20 heavy (non-hydrogen) atoms. The molecular weight excluding hydrogens is 525 g/mol. The lowest BCUT2D eigenvalue weighted by atomic mass is 10.2. The smallest absolute Gasteiger partial charge is 0.150 e. The van der Waals surface area contributed by atoms with Gasteiger partial charge in [-0.05, 0) is 69.4 Å². The largest absolute Gasteiger partial charge is 0.487 e. The highest BCUT2D eigenvalue weighted by Crippen LogP contribution is 2.30. The molecule has 2 aromatic rings. The Balaban J connectivity index is 2.21. The van der Waals surface area contributed by atoms with Crippen molar-refractivity contribution >= 4 is 74.7 Å². The number of carbonyl (C=O) groups is 1. The van der Waals surface area contributed by atoms with Crippen molar-refractivity contribution in [1.82, 2.24) is 0 Å². The first-order valence-electron chi connectivity index (χ1n) is 5.52. The number of aldehydes is 1. The summed E-state index contributed by atoms with van der Waals surface area (Å²) in [6, 6.07) is 8.87. The van der Waals surface area contributed by atoms with Crippen molar-refractivity contribution in [2.45, 2.75) is 6.61 Å². The number of halogens is 4. The van der Waals surface area contributed by atoms with Gasteiger partial charge in [0.15, 0.2) is 0 Å². The van der Waals surface area contributed by atoms with Gasteiger partial charge >= 0.3 is 0 Å². The predicted molar refractivity (Wildman–Crippen MR) is 98.1 cm³/mol. The molecule has 104 valence electrons. The van der Waals surface area contributed by atoms with E-state index in [-0.39, 0.29) is 0 Å². The quantitative estimate of drug-likeness (QED) is 0.379. The molecule has 0 amide bonds. The van der Waals surface area contributed by atoms with E-state index in [1.807, 2.05) is 6.07 Å². The summed E-state index contributed by atoms with van der Waals surface area (Å²) in [6.07, 6.45) is 0.824. The summed E-state index contributed by atoms with van der Waals surface area (Å²) in [5, 5.41) is 1.17. The molecule has 0 heterocycles. The van der Waals surface area contributed by atoms with Crippen molar-refractivity contribution in [2.24, 2.45) is 0 Å². The molecule has 6 heteroatoms. The van der Waals surface area contributed by atoms with Gasteiger partial charge < -0.3 is 4.74 Å². The standard InChI is InChI=1S/C14H8Cl2I2O2/c15-10-2-1-9(11(16)5-10)7-20-14-12(17)3-8(6-19)4-13(14)18/h1-6H,7H2. The van der Waals surface area contributed by atoms with Crippen LogP contribution in [0.5, 0.6) is 5.75 Å². The SMILES string of the molecule is O=Cc1cc(I)c(OCc2ccc(Cl)cc2Cl)c(I)c1. The molecule has 2 aromatic carbocycles. The number of benzene rings is 2. The van der Waals surface area contributed by atoms with E-state index in [1.165, 1.54) is 0 Å². The third kappa shape index (κ3) is 3.99. The van der Waals surface area contributed by atoms with Crippen LogP contribution in [0, 0.1) is 7.14 Å². The fourth-order valence-corrected chi connectivity index (χ4v) is 4.16. The molecule has 2 rings (SSSR count). The van der Waals surface area contributed by atoms with Crippen molar-refractivity contribution in [1.29, 1.82) is 0 Å². The van der Waals surface area contributed by atoms with Gasteiger partial charge in [0, 0.05) is 21.2 Å². The van der Waals surface area contributed by atoms with Crippen LogP contribution >= 0.6 is 68.4 Å². The van der Waals surface area contributed by atoms with Crippen LogP contribution in [0.4, 0.5) is 0 Å². The third-order valence-electron chi connectivity index (χ3n) is 2.54. The van der Waals surface area contributed by atoms with E-state index in [9.17, 15) is 4.79 Å². The van der Waals surface area contributed by atoms with Crippen LogP contribution in [0.2, 0.25) is 10.0 Å². The van der Waals surface area contributed by atoms with Gasteiger partial charge in [-0.1, -0.05) is 29.3 Å². The molecule has 0 saturated carbocycles. The summed E-state index contributed by atoms with van der Waals surface area (Å²) in [4.78, 5) is 10.8. The fraction of sp³-hybridized carbons (Fsp3) is 0.0714. The van der Waals surface area contributed by atoms with Crippen molar-refractivity contribution in [3.8, 4) is 5.75 Å². The van der Waals surface area contributed by atoms with Gasteiger partial charge in [-0.2, -0.15) is 0 Å². The van der Waals surface area contributed by atoms with E-state index in [0.29, 0.717) is 22.2 Å². The van der Waals surface area contributed by atoms with E-state index in [2.05, 4.69) is 45.2 Å². The highest BCUT2D eigenvalue weighted by molar-refractivity contribution is 14.1. The molecule has 0 aromatic heterocycles. The van der Waals surface area contributed by atoms with E-state index >= 15 is 0 Å². The van der Waals surface area contributed by atoms with Gasteiger partial charge in [0.05, 0.1) is 7.14 Å². The first kappa shape index (κ1) is 16.3. The Morgan fingerprint density at radius 1 is 1.10 bits per heavy atom. The molecule has 0 aliphatic carbocycles. The van der Waals surface area contributed by atoms with Crippen molar-refractivity contribution in [3.63, 3.8) is 0 Å². The monoisotopic (exact) mass is 532 g/mol. The van der Waals surface area contributed by atoms with Gasteiger partial charge in [-0.25, -0.2) is 0 Å². The van der Waals surface area contributed by atoms with E-state index in [0.717, 1.165) is 24.7 Å². The Hall–Kier alpha value is -0.0500. The lowest BCUT2D eigenvalue weighted by Crippen LogP contribution is -2.00. The second-order valence-corrected chi connectivity index (χ2v) is 7.12. The molecule has 0 unspecified atom stereocenters. The van der Waals surface area contributed by atoms with Crippen LogP contribution in [0.3, 0.4) is 0 Å². The predicted octanol–water partition coefficient (Wildman–Crippen LogP) is 5.59. The average molecular weight is 533 g/mol. The van der Waals surface area contributed by atoms with E-state index in [1.54, 1.807) is 24.3 Å². The minimum atomic E-state index is 0.350. The molecular formula is C14H8Cl2I2O2. The highest BCUT2D eigenvalue weighted by atomic mass is 127. The summed E-state index contributed by atoms with van der Waals surface area (Å²) >= 11 is 16.3. The molecule has 0 radical (unpaired) electrons. The van der Waals surface area contributed by atoms with Gasteiger partial charge in [-0.15, -0.1) is 0 Å². The van der Waals surface area contributed by atoms with Crippen LogP contribution in [0.15, 0.2) is 30.3 Å². The zero-order valence-electron chi connectivity index (χ0n) is 10.00. The van der Waals surface area contributed by atoms with Gasteiger partial charge in [0.2, 0.25) is 0 Å². The number of rotatable bonds is 4. The number of hydrogen-bond donors (Lipinski definition) is 0. The fourth-order valence-electron chi connectivity index (χ4n) is 1.57. The first-order chi connectivity index (χ1) is 9.51. The Bertz CT molecular complexity index is 637. The topological polar surface area (TPSA) is 26.3 Å². The third-order valence-corrected chi connectivity index (χ3v) is 4.73. The van der Waals surface area contributed by atoms with E-state index in [4.69, 9.17) is 27.9 Å². The van der Waals surface area contributed by atoms with Crippen LogP contribution in [0.1, 0.15) is 15.9 Å². The molecule has 0 fully saturated rings. The lowest BCUT2D eigenvalue weighted by Gasteiger charge is -2.12. The minimum absolute atomic E-state index is 0.350. The van der Waals surface area contributed by atoms with Crippen molar-refractivity contribution in [3.05, 3.63) is 58.6 Å². The molecule has 0 bridgehead atoms. The zero-order valence-corrected chi connectivity index (χ0v) is 15.8. The first-order valence-corrected chi connectivity index (χ1v) is 8.43. The van der Waals surface area contributed by atoms with Crippen LogP contribution in [-0.2, 0) is 6.61 Å². The Kier molecular flexibility index (Phi) is 5.95. The van der Waals surface area contributed by atoms with Gasteiger partial charge in [-0.3, -0.25) is 4.79 Å². The molecule has 2 nitrogen and oxygen atoms in total. The maximum Gasteiger partial charge on any atom is 0.150 e. The average Bonchev–Trinajstić information content (AvgIpc) is 2.39. The Morgan fingerprint density at radius 3 is 2.30 bits per heavy atom. The number of hydrogen-bond acceptors (Lipinski definition) is 2. The second kappa shape index (κ2) is 7.29. The highest BCUT2D eigenvalue weighted by Gasteiger charge is 2.10. The molecule has 0 saturated heterocycles. The summed E-state index contributed by atoms with van der Waals surface area (Å²) in [5.74, 6) is 0.753. The maximum absolute atomic E-state index is 10.8.